The van der Waals surface area contributed by atoms with E-state index in [1.807, 2.05) is 0 Å². The number of nitrogens with zero attached hydrogens (tertiary/aromatic N) is 1. The number of nitro groups is 1. The summed E-state index contributed by atoms with van der Waals surface area (Å²) in [6, 6.07) is 6.82. The van der Waals surface area contributed by atoms with Crippen molar-refractivity contribution in [1.82, 2.24) is 5.32 Å². The maximum absolute atomic E-state index is 12.4. The first kappa shape index (κ1) is 16.5. The third kappa shape index (κ3) is 4.31. The Bertz CT molecular complexity index is 708. The van der Waals surface area contributed by atoms with Gasteiger partial charge in [-0.2, -0.15) is 13.2 Å². The Labute approximate surface area is 128 Å². The van der Waals surface area contributed by atoms with Crippen LogP contribution < -0.4 is 5.32 Å². The summed E-state index contributed by atoms with van der Waals surface area (Å²) in [5.74, 6) is -1.38. The zero-order chi connectivity index (χ0) is 17.0. The fraction of sp³-hybridized carbons (Fsp3) is 0.214. The molecule has 0 atom stereocenters. The van der Waals surface area contributed by atoms with E-state index in [2.05, 4.69) is 5.32 Å². The number of halogens is 3. The number of hydrogen-bond acceptors (Lipinski definition) is 4. The fourth-order valence-corrected chi connectivity index (χ4v) is 1.82. The van der Waals surface area contributed by atoms with Crippen LogP contribution in [0.25, 0.3) is 0 Å². The van der Waals surface area contributed by atoms with E-state index in [0.717, 1.165) is 18.2 Å². The van der Waals surface area contributed by atoms with Gasteiger partial charge in [0.2, 0.25) is 0 Å². The van der Waals surface area contributed by atoms with E-state index in [4.69, 9.17) is 4.42 Å². The highest BCUT2D eigenvalue weighted by atomic mass is 19.4. The lowest BCUT2D eigenvalue weighted by atomic mass is 10.1. The molecule has 0 unspecified atom stereocenters. The number of furan rings is 1. The highest BCUT2D eigenvalue weighted by Gasteiger charge is 2.29. The summed E-state index contributed by atoms with van der Waals surface area (Å²) >= 11 is 0. The first-order valence-corrected chi connectivity index (χ1v) is 6.46. The third-order valence-corrected chi connectivity index (χ3v) is 2.98. The molecule has 23 heavy (non-hydrogen) atoms. The van der Waals surface area contributed by atoms with Gasteiger partial charge in [0.05, 0.1) is 11.6 Å². The number of amides is 1. The lowest BCUT2D eigenvalue weighted by Gasteiger charge is -2.08. The topological polar surface area (TPSA) is 85.4 Å². The second-order valence-electron chi connectivity index (χ2n) is 4.60. The second kappa shape index (κ2) is 6.51. The zero-order valence-electron chi connectivity index (χ0n) is 11.6. The van der Waals surface area contributed by atoms with E-state index in [-0.39, 0.29) is 12.3 Å². The van der Waals surface area contributed by atoms with Crippen molar-refractivity contribution in [3.63, 3.8) is 0 Å². The molecular formula is C14H11F3N2O4. The van der Waals surface area contributed by atoms with E-state index in [1.165, 1.54) is 18.2 Å². The van der Waals surface area contributed by atoms with Crippen LogP contribution in [0.4, 0.5) is 19.1 Å². The van der Waals surface area contributed by atoms with Crippen LogP contribution in [0.1, 0.15) is 21.7 Å². The Balaban J connectivity index is 1.86. The molecule has 2 aromatic rings. The summed E-state index contributed by atoms with van der Waals surface area (Å²) in [4.78, 5) is 21.3. The number of carbonyl (C=O) groups excluding carboxylic acids is 1. The molecule has 1 N–H and O–H groups in total. The molecule has 6 nitrogen and oxygen atoms in total. The maximum Gasteiger partial charge on any atom is 0.433 e. The summed E-state index contributed by atoms with van der Waals surface area (Å²) in [6.07, 6.45) is -4.08. The quantitative estimate of drug-likeness (QED) is 0.675. The molecule has 122 valence electrons. The predicted octanol–water partition coefficient (Wildman–Crippen LogP) is 3.18. The molecule has 2 rings (SSSR count). The molecule has 1 aromatic carbocycles. The molecule has 1 aromatic heterocycles. The number of hydrogen-bond donors (Lipinski definition) is 1. The Hall–Kier alpha value is -2.84. The molecule has 1 heterocycles. The van der Waals surface area contributed by atoms with Crippen molar-refractivity contribution in [2.75, 3.05) is 6.54 Å². The zero-order valence-corrected chi connectivity index (χ0v) is 11.6. The molecule has 0 aliphatic rings. The van der Waals surface area contributed by atoms with E-state index in [9.17, 15) is 28.1 Å². The Morgan fingerprint density at radius 2 is 1.83 bits per heavy atom. The molecule has 0 spiro atoms. The summed E-state index contributed by atoms with van der Waals surface area (Å²) in [7, 11) is 0. The molecule has 0 fully saturated rings. The van der Waals surface area contributed by atoms with Gasteiger partial charge in [0.25, 0.3) is 5.91 Å². The van der Waals surface area contributed by atoms with Gasteiger partial charge in [-0.15, -0.1) is 0 Å². The highest BCUT2D eigenvalue weighted by Crippen LogP contribution is 2.29. The normalized spacial score (nSPS) is 11.3. The van der Waals surface area contributed by atoms with Crippen LogP contribution in [-0.2, 0) is 12.6 Å². The third-order valence-electron chi connectivity index (χ3n) is 2.98. The molecule has 0 saturated heterocycles. The van der Waals surface area contributed by atoms with Gasteiger partial charge in [0, 0.05) is 6.54 Å². The number of rotatable bonds is 5. The molecule has 0 aliphatic heterocycles. The van der Waals surface area contributed by atoms with Crippen molar-refractivity contribution in [2.24, 2.45) is 0 Å². The van der Waals surface area contributed by atoms with Crippen LogP contribution in [0.2, 0.25) is 0 Å². The van der Waals surface area contributed by atoms with E-state index in [1.54, 1.807) is 0 Å². The van der Waals surface area contributed by atoms with Gasteiger partial charge in [-0.05, 0) is 30.2 Å². The number of carbonyl (C=O) groups is 1. The highest BCUT2D eigenvalue weighted by molar-refractivity contribution is 5.91. The summed E-state index contributed by atoms with van der Waals surface area (Å²) in [5, 5.41) is 12.9. The van der Waals surface area contributed by atoms with Gasteiger partial charge in [-0.3, -0.25) is 14.9 Å². The maximum atomic E-state index is 12.4. The Morgan fingerprint density at radius 3 is 2.35 bits per heavy atom. The van der Waals surface area contributed by atoms with E-state index >= 15 is 0 Å². The number of alkyl halides is 3. The molecular weight excluding hydrogens is 317 g/mol. The molecule has 9 heteroatoms. The monoisotopic (exact) mass is 328 g/mol. The minimum absolute atomic E-state index is 0.151. The largest absolute Gasteiger partial charge is 0.433 e. The summed E-state index contributed by atoms with van der Waals surface area (Å²) in [6.45, 7) is 0.151. The average molecular weight is 328 g/mol. The van der Waals surface area contributed by atoms with Gasteiger partial charge in [-0.25, -0.2) is 0 Å². The summed E-state index contributed by atoms with van der Waals surface area (Å²) < 4.78 is 42.0. The van der Waals surface area contributed by atoms with Crippen LogP contribution >= 0.6 is 0 Å². The lowest BCUT2D eigenvalue weighted by Crippen LogP contribution is -2.25. The van der Waals surface area contributed by atoms with E-state index in [0.29, 0.717) is 12.0 Å². The Kier molecular flexibility index (Phi) is 4.68. The van der Waals surface area contributed by atoms with Crippen molar-refractivity contribution in [3.8, 4) is 0 Å². The van der Waals surface area contributed by atoms with Gasteiger partial charge in [0.1, 0.15) is 4.92 Å². The minimum atomic E-state index is -4.39. The first-order valence-electron chi connectivity index (χ1n) is 6.46. The molecule has 0 bridgehead atoms. The van der Waals surface area contributed by atoms with E-state index < -0.39 is 28.5 Å². The van der Waals surface area contributed by atoms with Crippen LogP contribution in [0.15, 0.2) is 40.8 Å². The fourth-order valence-electron chi connectivity index (χ4n) is 1.82. The van der Waals surface area contributed by atoms with Gasteiger partial charge < -0.3 is 9.73 Å². The van der Waals surface area contributed by atoms with Crippen molar-refractivity contribution in [2.45, 2.75) is 12.6 Å². The smallest absolute Gasteiger partial charge is 0.395 e. The SMILES string of the molecule is O=C(NCCc1ccc(C(F)(F)F)cc1)c1ccc([N+](=O)[O-])o1. The number of benzene rings is 1. The standard InChI is InChI=1S/C14H11F3N2O4/c15-14(16,17)10-3-1-9(2-4-10)7-8-18-13(20)11-5-6-12(23-11)19(21)22/h1-6H,7-8H2,(H,18,20). The predicted molar refractivity (Wildman–Crippen MR) is 72.8 cm³/mol. The molecule has 1 amide bonds. The van der Waals surface area contributed by atoms with Crippen molar-refractivity contribution in [3.05, 3.63) is 63.4 Å². The van der Waals surface area contributed by atoms with Crippen LogP contribution in [-0.4, -0.2) is 17.4 Å². The Morgan fingerprint density at radius 1 is 1.17 bits per heavy atom. The van der Waals surface area contributed by atoms with Crippen molar-refractivity contribution in [1.29, 1.82) is 0 Å². The van der Waals surface area contributed by atoms with Gasteiger partial charge >= 0.3 is 12.1 Å². The van der Waals surface area contributed by atoms with Gasteiger partial charge in [0.15, 0.2) is 5.76 Å². The van der Waals surface area contributed by atoms with Crippen molar-refractivity contribution < 1.29 is 27.3 Å². The molecule has 0 aliphatic carbocycles. The second-order valence-corrected chi connectivity index (χ2v) is 4.60. The van der Waals surface area contributed by atoms with Gasteiger partial charge in [-0.1, -0.05) is 12.1 Å². The summed E-state index contributed by atoms with van der Waals surface area (Å²) in [5.41, 5.74) is -0.128. The molecule has 0 radical (unpaired) electrons. The average Bonchev–Trinajstić information content (AvgIpc) is 2.97. The van der Waals surface area contributed by atoms with Crippen LogP contribution in [0.5, 0.6) is 0 Å². The van der Waals surface area contributed by atoms with Crippen LogP contribution in [0, 0.1) is 10.1 Å². The lowest BCUT2D eigenvalue weighted by molar-refractivity contribution is -0.402. The first-order chi connectivity index (χ1) is 10.8. The minimum Gasteiger partial charge on any atom is -0.395 e. The molecule has 0 saturated carbocycles. The van der Waals surface area contributed by atoms with Crippen LogP contribution in [0.3, 0.4) is 0 Å². The van der Waals surface area contributed by atoms with Crippen molar-refractivity contribution >= 4 is 11.8 Å². The number of nitrogens with one attached hydrogen (secondary N) is 1.